The lowest BCUT2D eigenvalue weighted by atomic mass is 10.0. The number of hydrogen-bond acceptors (Lipinski definition) is 3. The van der Waals surface area contributed by atoms with Crippen LogP contribution in [0.25, 0.3) is 0 Å². The maximum Gasteiger partial charge on any atom is 0.133 e. The third-order valence-electron chi connectivity index (χ3n) is 5.30. The SMILES string of the molecule is COc1ccccc1[C@@H]1N=C(c2ccccc2)[C@H]2[C@H](c3ccccc3)N12. The van der Waals surface area contributed by atoms with Crippen molar-refractivity contribution in [3.63, 3.8) is 0 Å². The first-order valence-electron chi connectivity index (χ1n) is 8.97. The Morgan fingerprint density at radius 1 is 0.769 bits per heavy atom. The minimum Gasteiger partial charge on any atom is -0.496 e. The van der Waals surface area contributed by atoms with Gasteiger partial charge in [0.25, 0.3) is 0 Å². The summed E-state index contributed by atoms with van der Waals surface area (Å²) in [5.74, 6) is 0.896. The van der Waals surface area contributed by atoms with E-state index in [0.717, 1.165) is 11.3 Å². The molecule has 0 bridgehead atoms. The molecule has 128 valence electrons. The number of fused-ring (bicyclic) bond motifs is 1. The fraction of sp³-hybridized carbons (Fsp3) is 0.174. The molecule has 0 radical (unpaired) electrons. The van der Waals surface area contributed by atoms with Crippen molar-refractivity contribution in [2.45, 2.75) is 18.2 Å². The number of hydrogen-bond donors (Lipinski definition) is 0. The molecule has 3 nitrogen and oxygen atoms in total. The predicted octanol–water partition coefficient (Wildman–Crippen LogP) is 4.62. The predicted molar refractivity (Wildman–Crippen MR) is 104 cm³/mol. The van der Waals surface area contributed by atoms with Gasteiger partial charge in [-0.3, -0.25) is 9.89 Å². The highest BCUT2D eigenvalue weighted by Crippen LogP contribution is 2.56. The molecule has 1 unspecified atom stereocenters. The molecule has 2 aliphatic rings. The van der Waals surface area contributed by atoms with Crippen molar-refractivity contribution in [3.8, 4) is 5.75 Å². The zero-order valence-electron chi connectivity index (χ0n) is 14.6. The van der Waals surface area contributed by atoms with Crippen LogP contribution in [0.4, 0.5) is 0 Å². The van der Waals surface area contributed by atoms with E-state index in [4.69, 9.17) is 9.73 Å². The van der Waals surface area contributed by atoms with Crippen molar-refractivity contribution in [2.24, 2.45) is 4.99 Å². The van der Waals surface area contributed by atoms with Gasteiger partial charge < -0.3 is 4.74 Å². The topological polar surface area (TPSA) is 24.6 Å². The van der Waals surface area contributed by atoms with Gasteiger partial charge in [0.05, 0.1) is 24.9 Å². The first-order valence-corrected chi connectivity index (χ1v) is 8.97. The molecule has 2 heterocycles. The molecule has 0 amide bonds. The van der Waals surface area contributed by atoms with Crippen LogP contribution < -0.4 is 4.74 Å². The molecular weight excluding hydrogens is 320 g/mol. The second-order valence-corrected chi connectivity index (χ2v) is 6.74. The number of ether oxygens (including phenoxy) is 1. The zero-order chi connectivity index (χ0) is 17.5. The Labute approximate surface area is 153 Å². The van der Waals surface area contributed by atoms with Gasteiger partial charge in [0.1, 0.15) is 11.9 Å². The summed E-state index contributed by atoms with van der Waals surface area (Å²) in [5.41, 5.74) is 4.86. The fourth-order valence-corrected chi connectivity index (χ4v) is 4.09. The van der Waals surface area contributed by atoms with E-state index in [0.29, 0.717) is 12.1 Å². The van der Waals surface area contributed by atoms with E-state index in [9.17, 15) is 0 Å². The van der Waals surface area contributed by atoms with Gasteiger partial charge in [0, 0.05) is 5.56 Å². The number of nitrogens with zero attached hydrogens (tertiary/aromatic N) is 2. The Balaban J connectivity index is 1.60. The average Bonchev–Trinajstić information content (AvgIpc) is 3.33. The summed E-state index contributed by atoms with van der Waals surface area (Å²) >= 11 is 0. The minimum atomic E-state index is -0.00318. The molecule has 3 aromatic rings. The Hall–Kier alpha value is -2.91. The maximum absolute atomic E-state index is 5.61. The third kappa shape index (κ3) is 2.36. The zero-order valence-corrected chi connectivity index (χ0v) is 14.6. The van der Waals surface area contributed by atoms with Gasteiger partial charge in [0.2, 0.25) is 0 Å². The number of aliphatic imine (C=N–C) groups is 1. The van der Waals surface area contributed by atoms with Crippen LogP contribution in [0.3, 0.4) is 0 Å². The van der Waals surface area contributed by atoms with Crippen LogP contribution in [-0.2, 0) is 0 Å². The van der Waals surface area contributed by atoms with Crippen LogP contribution in [0, 0.1) is 0 Å². The first kappa shape index (κ1) is 15.4. The van der Waals surface area contributed by atoms with Crippen molar-refractivity contribution in [1.29, 1.82) is 0 Å². The van der Waals surface area contributed by atoms with E-state index < -0.39 is 0 Å². The summed E-state index contributed by atoms with van der Waals surface area (Å²) < 4.78 is 5.61. The normalized spacial score (nSPS) is 26.1. The number of methoxy groups -OCH3 is 1. The van der Waals surface area contributed by atoms with Crippen LogP contribution in [0.5, 0.6) is 5.75 Å². The molecule has 0 saturated carbocycles. The molecule has 4 atom stereocenters. The lowest BCUT2D eigenvalue weighted by Crippen LogP contribution is -2.08. The maximum atomic E-state index is 5.61. The van der Waals surface area contributed by atoms with Gasteiger partial charge in [0.15, 0.2) is 0 Å². The summed E-state index contributed by atoms with van der Waals surface area (Å²) in [6.45, 7) is 0. The molecule has 0 aliphatic carbocycles. The molecule has 26 heavy (non-hydrogen) atoms. The van der Waals surface area contributed by atoms with Gasteiger partial charge in [-0.05, 0) is 17.2 Å². The average molecular weight is 340 g/mol. The molecule has 2 aliphatic heterocycles. The second kappa shape index (κ2) is 6.11. The molecular formula is C23H20N2O. The number of para-hydroxylation sites is 1. The van der Waals surface area contributed by atoms with E-state index in [1.54, 1.807) is 7.11 Å². The molecule has 0 aromatic heterocycles. The summed E-state index contributed by atoms with van der Waals surface area (Å²) in [6, 6.07) is 30.2. The Kier molecular flexibility index (Phi) is 3.61. The van der Waals surface area contributed by atoms with Crippen LogP contribution in [-0.4, -0.2) is 23.8 Å². The Morgan fingerprint density at radius 3 is 2.15 bits per heavy atom. The summed E-state index contributed by atoms with van der Waals surface area (Å²) in [5, 5.41) is 0. The van der Waals surface area contributed by atoms with Crippen molar-refractivity contribution in [1.82, 2.24) is 4.90 Å². The van der Waals surface area contributed by atoms with Crippen LogP contribution >= 0.6 is 0 Å². The van der Waals surface area contributed by atoms with Crippen LogP contribution in [0.1, 0.15) is 28.9 Å². The molecule has 5 rings (SSSR count). The van der Waals surface area contributed by atoms with Gasteiger partial charge in [-0.2, -0.15) is 0 Å². The van der Waals surface area contributed by atoms with E-state index in [-0.39, 0.29) is 6.17 Å². The van der Waals surface area contributed by atoms with E-state index in [1.807, 2.05) is 12.1 Å². The highest BCUT2D eigenvalue weighted by molar-refractivity contribution is 6.08. The number of benzene rings is 3. The smallest absolute Gasteiger partial charge is 0.133 e. The van der Waals surface area contributed by atoms with Crippen molar-refractivity contribution >= 4 is 5.71 Å². The first-order chi connectivity index (χ1) is 12.9. The lowest BCUT2D eigenvalue weighted by molar-refractivity contribution is 0.366. The lowest BCUT2D eigenvalue weighted by Gasteiger charge is -2.17. The summed E-state index contributed by atoms with van der Waals surface area (Å²) in [6.07, 6.45) is -0.00318. The number of rotatable bonds is 4. The molecule has 3 aromatic carbocycles. The minimum absolute atomic E-state index is 0.00318. The van der Waals surface area contributed by atoms with Crippen LogP contribution in [0.15, 0.2) is 89.9 Å². The molecule has 0 spiro atoms. The molecule has 1 saturated heterocycles. The van der Waals surface area contributed by atoms with Crippen molar-refractivity contribution in [2.75, 3.05) is 7.11 Å². The van der Waals surface area contributed by atoms with Gasteiger partial charge >= 0.3 is 0 Å². The Bertz CT molecular complexity index is 952. The summed E-state index contributed by atoms with van der Waals surface area (Å²) in [4.78, 5) is 7.59. The Morgan fingerprint density at radius 2 is 1.42 bits per heavy atom. The van der Waals surface area contributed by atoms with E-state index in [2.05, 4.69) is 77.7 Å². The van der Waals surface area contributed by atoms with Gasteiger partial charge in [-0.1, -0.05) is 78.9 Å². The highest BCUT2D eigenvalue weighted by atomic mass is 16.5. The van der Waals surface area contributed by atoms with Crippen LogP contribution in [0.2, 0.25) is 0 Å². The van der Waals surface area contributed by atoms with Crippen molar-refractivity contribution < 1.29 is 4.74 Å². The molecule has 3 heteroatoms. The van der Waals surface area contributed by atoms with Gasteiger partial charge in [-0.25, -0.2) is 0 Å². The van der Waals surface area contributed by atoms with E-state index in [1.165, 1.54) is 16.8 Å². The summed E-state index contributed by atoms with van der Waals surface area (Å²) in [7, 11) is 1.73. The largest absolute Gasteiger partial charge is 0.496 e. The van der Waals surface area contributed by atoms with Crippen molar-refractivity contribution in [3.05, 3.63) is 102 Å². The van der Waals surface area contributed by atoms with Gasteiger partial charge in [-0.15, -0.1) is 0 Å². The standard InChI is InChI=1S/C23H20N2O/c1-26-19-15-9-8-14-18(19)23-24-20(16-10-4-2-5-11-16)22-21(25(22)23)17-12-6-3-7-13-17/h2-15,21-23H,1H3/t21-,22-,23+,25?/m0/s1. The third-order valence-corrected chi connectivity index (χ3v) is 5.30. The van der Waals surface area contributed by atoms with E-state index >= 15 is 0 Å². The molecule has 1 fully saturated rings. The second-order valence-electron chi connectivity index (χ2n) is 6.74. The highest BCUT2D eigenvalue weighted by Gasteiger charge is 2.59. The molecule has 0 N–H and O–H groups in total. The fourth-order valence-electron chi connectivity index (χ4n) is 4.09. The monoisotopic (exact) mass is 340 g/mol. The quantitative estimate of drug-likeness (QED) is 0.647.